The molecule has 0 aliphatic heterocycles. The van der Waals surface area contributed by atoms with Crippen LogP contribution in [0, 0.1) is 11.3 Å². The van der Waals surface area contributed by atoms with Gasteiger partial charge < -0.3 is 5.32 Å². The molecule has 0 spiro atoms. The van der Waals surface area contributed by atoms with Crippen molar-refractivity contribution in [2.75, 3.05) is 13.1 Å². The molecular weight excluding hydrogens is 206 g/mol. The van der Waals surface area contributed by atoms with Crippen LogP contribution in [0.3, 0.4) is 0 Å². The summed E-state index contributed by atoms with van der Waals surface area (Å²) in [5.41, 5.74) is 0.487. The quantitative estimate of drug-likeness (QED) is 0.501. The van der Waals surface area contributed by atoms with E-state index < -0.39 is 0 Å². The predicted molar refractivity (Wildman–Crippen MR) is 79.5 cm³/mol. The first-order valence-corrected chi connectivity index (χ1v) is 7.77. The predicted octanol–water partition coefficient (Wildman–Crippen LogP) is 5.01. The van der Waals surface area contributed by atoms with E-state index in [0.717, 1.165) is 12.5 Å². The molecular formula is C16H35N. The van der Waals surface area contributed by atoms with Crippen molar-refractivity contribution in [1.82, 2.24) is 5.32 Å². The van der Waals surface area contributed by atoms with Crippen LogP contribution in [-0.2, 0) is 0 Å². The maximum atomic E-state index is 3.53. The Hall–Kier alpha value is -0.0400. The van der Waals surface area contributed by atoms with Crippen LogP contribution in [0.2, 0.25) is 0 Å². The van der Waals surface area contributed by atoms with Crippen LogP contribution in [-0.4, -0.2) is 13.1 Å². The van der Waals surface area contributed by atoms with Crippen LogP contribution in [0.1, 0.15) is 79.6 Å². The Morgan fingerprint density at radius 1 is 0.941 bits per heavy atom. The Bertz CT molecular complexity index is 165. The summed E-state index contributed by atoms with van der Waals surface area (Å²) in [6.07, 6.45) is 9.84. The summed E-state index contributed by atoms with van der Waals surface area (Å²) in [6.45, 7) is 13.9. The molecule has 0 aromatic carbocycles. The Balaban J connectivity index is 3.76. The average molecular weight is 241 g/mol. The second-order valence-corrected chi connectivity index (χ2v) is 6.11. The molecule has 0 aromatic rings. The third-order valence-electron chi connectivity index (χ3n) is 4.27. The van der Waals surface area contributed by atoms with Crippen LogP contribution in [0.15, 0.2) is 0 Å². The van der Waals surface area contributed by atoms with Gasteiger partial charge in [-0.2, -0.15) is 0 Å². The summed E-state index contributed by atoms with van der Waals surface area (Å²) < 4.78 is 0. The smallest absolute Gasteiger partial charge is 0.000749 e. The highest BCUT2D eigenvalue weighted by molar-refractivity contribution is 4.80. The van der Waals surface area contributed by atoms with Crippen LogP contribution in [0.5, 0.6) is 0 Å². The first-order valence-electron chi connectivity index (χ1n) is 7.77. The van der Waals surface area contributed by atoms with Crippen molar-refractivity contribution in [3.8, 4) is 0 Å². The van der Waals surface area contributed by atoms with Gasteiger partial charge in [-0.3, -0.25) is 0 Å². The van der Waals surface area contributed by atoms with Gasteiger partial charge in [0.1, 0.15) is 0 Å². The number of hydrogen-bond acceptors (Lipinski definition) is 1. The van der Waals surface area contributed by atoms with Crippen LogP contribution in [0.25, 0.3) is 0 Å². The van der Waals surface area contributed by atoms with E-state index in [0.29, 0.717) is 5.41 Å². The van der Waals surface area contributed by atoms with Gasteiger partial charge in [-0.15, -0.1) is 0 Å². The lowest BCUT2D eigenvalue weighted by atomic mass is 9.75. The molecule has 1 atom stereocenters. The van der Waals surface area contributed by atoms with Crippen molar-refractivity contribution in [2.24, 2.45) is 11.3 Å². The second kappa shape index (κ2) is 9.94. The second-order valence-electron chi connectivity index (χ2n) is 6.11. The number of hydrogen-bond donors (Lipinski definition) is 1. The van der Waals surface area contributed by atoms with Crippen molar-refractivity contribution in [3.63, 3.8) is 0 Å². The van der Waals surface area contributed by atoms with Crippen LogP contribution in [0.4, 0.5) is 0 Å². The third-order valence-corrected chi connectivity index (χ3v) is 4.27. The molecule has 1 heteroatoms. The molecule has 0 aromatic heterocycles. The topological polar surface area (TPSA) is 12.0 Å². The van der Waals surface area contributed by atoms with E-state index in [1.54, 1.807) is 0 Å². The minimum Gasteiger partial charge on any atom is -0.316 e. The van der Waals surface area contributed by atoms with Gasteiger partial charge in [0.25, 0.3) is 0 Å². The Morgan fingerprint density at radius 3 is 2.06 bits per heavy atom. The average Bonchev–Trinajstić information content (AvgIpc) is 2.31. The fourth-order valence-electron chi connectivity index (χ4n) is 2.30. The van der Waals surface area contributed by atoms with Gasteiger partial charge in [0.05, 0.1) is 0 Å². The summed E-state index contributed by atoms with van der Waals surface area (Å²) in [7, 11) is 0. The molecule has 0 aliphatic rings. The Kier molecular flexibility index (Phi) is 9.91. The molecule has 17 heavy (non-hydrogen) atoms. The lowest BCUT2D eigenvalue weighted by molar-refractivity contribution is 0.186. The molecule has 1 N–H and O–H groups in total. The Morgan fingerprint density at radius 2 is 1.53 bits per heavy atom. The van der Waals surface area contributed by atoms with Gasteiger partial charge in [-0.25, -0.2) is 0 Å². The highest BCUT2D eigenvalue weighted by Crippen LogP contribution is 2.32. The maximum absolute atomic E-state index is 3.53. The molecule has 1 unspecified atom stereocenters. The largest absolute Gasteiger partial charge is 0.316 e. The zero-order valence-electron chi connectivity index (χ0n) is 12.9. The summed E-state index contributed by atoms with van der Waals surface area (Å²) in [4.78, 5) is 0. The normalized spacial score (nSPS) is 15.2. The van der Waals surface area contributed by atoms with E-state index in [1.807, 2.05) is 0 Å². The lowest BCUT2D eigenvalue weighted by Crippen LogP contribution is -2.36. The minimum absolute atomic E-state index is 0.487. The highest BCUT2D eigenvalue weighted by Gasteiger charge is 2.26. The van der Waals surface area contributed by atoms with Crippen LogP contribution >= 0.6 is 0 Å². The summed E-state index contributed by atoms with van der Waals surface area (Å²) in [5, 5.41) is 3.53. The van der Waals surface area contributed by atoms with Gasteiger partial charge in [-0.05, 0) is 24.3 Å². The van der Waals surface area contributed by atoms with Gasteiger partial charge in [0, 0.05) is 6.54 Å². The molecule has 0 heterocycles. The standard InChI is InChI=1S/C16H35N/c1-6-8-9-10-11-12-13-16(5,15(3)4)14-17-7-2/h15,17H,6-14H2,1-5H3. The van der Waals surface area contributed by atoms with E-state index in [9.17, 15) is 0 Å². The SMILES string of the molecule is CCCCCCCCC(C)(CNCC)C(C)C. The molecule has 0 saturated heterocycles. The van der Waals surface area contributed by atoms with Gasteiger partial charge in [0.2, 0.25) is 0 Å². The van der Waals surface area contributed by atoms with Gasteiger partial charge in [0.15, 0.2) is 0 Å². The zero-order chi connectivity index (χ0) is 13.1. The third kappa shape index (κ3) is 7.81. The number of rotatable bonds is 11. The summed E-state index contributed by atoms with van der Waals surface area (Å²) >= 11 is 0. The molecule has 1 nitrogen and oxygen atoms in total. The minimum atomic E-state index is 0.487. The molecule has 0 amide bonds. The molecule has 0 rings (SSSR count). The lowest BCUT2D eigenvalue weighted by Gasteiger charge is -2.34. The molecule has 104 valence electrons. The van der Waals surface area contributed by atoms with Gasteiger partial charge in [-0.1, -0.05) is 73.1 Å². The number of nitrogens with one attached hydrogen (secondary N) is 1. The maximum Gasteiger partial charge on any atom is 0.000749 e. The van der Waals surface area contributed by atoms with Crippen molar-refractivity contribution < 1.29 is 0 Å². The first kappa shape index (κ1) is 17.0. The van der Waals surface area contributed by atoms with E-state index in [-0.39, 0.29) is 0 Å². The molecule has 0 bridgehead atoms. The fraction of sp³-hybridized carbons (Fsp3) is 1.00. The van der Waals surface area contributed by atoms with Crippen molar-refractivity contribution >= 4 is 0 Å². The van der Waals surface area contributed by atoms with E-state index in [2.05, 4.69) is 39.9 Å². The van der Waals surface area contributed by atoms with E-state index in [4.69, 9.17) is 0 Å². The fourth-order valence-corrected chi connectivity index (χ4v) is 2.30. The van der Waals surface area contributed by atoms with E-state index in [1.165, 1.54) is 51.5 Å². The first-order chi connectivity index (χ1) is 8.06. The molecule has 0 saturated carbocycles. The summed E-state index contributed by atoms with van der Waals surface area (Å²) in [5.74, 6) is 0.775. The zero-order valence-corrected chi connectivity index (χ0v) is 12.9. The molecule has 0 fully saturated rings. The monoisotopic (exact) mass is 241 g/mol. The highest BCUT2D eigenvalue weighted by atomic mass is 14.9. The van der Waals surface area contributed by atoms with Crippen molar-refractivity contribution in [3.05, 3.63) is 0 Å². The summed E-state index contributed by atoms with van der Waals surface area (Å²) in [6, 6.07) is 0. The molecule has 0 aliphatic carbocycles. The van der Waals surface area contributed by atoms with E-state index >= 15 is 0 Å². The van der Waals surface area contributed by atoms with Crippen molar-refractivity contribution in [2.45, 2.75) is 79.6 Å². The Labute approximate surface area is 110 Å². The van der Waals surface area contributed by atoms with Crippen molar-refractivity contribution in [1.29, 1.82) is 0 Å². The van der Waals surface area contributed by atoms with Gasteiger partial charge >= 0.3 is 0 Å². The molecule has 0 radical (unpaired) electrons. The van der Waals surface area contributed by atoms with Crippen LogP contribution < -0.4 is 5.32 Å². The number of unbranched alkanes of at least 4 members (excludes halogenated alkanes) is 5.